The molecule has 0 saturated carbocycles. The van der Waals surface area contributed by atoms with Gasteiger partial charge in [-0.15, -0.1) is 0 Å². The van der Waals surface area contributed by atoms with E-state index in [9.17, 15) is 24.5 Å². The van der Waals surface area contributed by atoms with Gasteiger partial charge in [-0.05, 0) is 13.0 Å². The number of nitrogens with one attached hydrogen (secondary N) is 1. The van der Waals surface area contributed by atoms with Gasteiger partial charge in [-0.1, -0.05) is 6.07 Å². The Kier molecular flexibility index (Phi) is 4.99. The molecule has 0 unspecified atom stereocenters. The molecule has 0 bridgehead atoms. The highest BCUT2D eigenvalue weighted by Gasteiger charge is 2.43. The van der Waals surface area contributed by atoms with E-state index in [1.54, 1.807) is 6.92 Å². The minimum atomic E-state index is -0.648. The number of nitro groups is 1. The van der Waals surface area contributed by atoms with Crippen molar-refractivity contribution in [2.75, 3.05) is 26.4 Å². The minimum Gasteiger partial charge on any atom is -0.466 e. The third-order valence-electron chi connectivity index (χ3n) is 4.87. The van der Waals surface area contributed by atoms with Crippen molar-refractivity contribution in [1.29, 1.82) is 0 Å². The molecule has 1 aromatic rings. The van der Waals surface area contributed by atoms with Crippen molar-refractivity contribution < 1.29 is 28.9 Å². The van der Waals surface area contributed by atoms with Gasteiger partial charge in [0.15, 0.2) is 6.67 Å². The van der Waals surface area contributed by atoms with E-state index in [4.69, 9.17) is 4.74 Å². The summed E-state index contributed by atoms with van der Waals surface area (Å²) in [5.41, 5.74) is -0.410. The molecule has 1 aromatic carbocycles. The van der Waals surface area contributed by atoms with Gasteiger partial charge in [-0.2, -0.15) is 0 Å². The lowest BCUT2D eigenvalue weighted by Crippen LogP contribution is -3.14. The molecular formula is C17H20N3O6+. The molecule has 1 N–H and O–H groups in total. The fourth-order valence-electron chi connectivity index (χ4n) is 3.52. The van der Waals surface area contributed by atoms with Crippen molar-refractivity contribution >= 4 is 23.5 Å². The number of ether oxygens (including phenoxy) is 1. The summed E-state index contributed by atoms with van der Waals surface area (Å²) >= 11 is 0. The number of fused-ring (bicyclic) bond motifs is 1. The van der Waals surface area contributed by atoms with Crippen LogP contribution in [0.2, 0.25) is 0 Å². The van der Waals surface area contributed by atoms with Crippen molar-refractivity contribution in [3.8, 4) is 0 Å². The first-order valence-electron chi connectivity index (χ1n) is 8.57. The minimum absolute atomic E-state index is 0.0741. The van der Waals surface area contributed by atoms with Crippen molar-refractivity contribution in [2.24, 2.45) is 5.92 Å². The van der Waals surface area contributed by atoms with Gasteiger partial charge in [0.2, 0.25) is 0 Å². The Morgan fingerprint density at radius 2 is 2.00 bits per heavy atom. The smallest absolute Gasteiger partial charge is 0.309 e. The number of nitro benzene ring substituents is 1. The zero-order valence-electron chi connectivity index (χ0n) is 14.4. The lowest BCUT2D eigenvalue weighted by Gasteiger charge is -2.30. The maximum Gasteiger partial charge on any atom is 0.309 e. The molecule has 9 heteroatoms. The molecule has 1 saturated heterocycles. The summed E-state index contributed by atoms with van der Waals surface area (Å²) in [6.45, 7) is 3.50. The second kappa shape index (κ2) is 7.20. The van der Waals surface area contributed by atoms with E-state index in [0.29, 0.717) is 32.5 Å². The summed E-state index contributed by atoms with van der Waals surface area (Å²) in [7, 11) is 0. The van der Waals surface area contributed by atoms with Crippen LogP contribution in [0, 0.1) is 16.0 Å². The highest BCUT2D eigenvalue weighted by molar-refractivity contribution is 6.23. The molecule has 9 nitrogen and oxygen atoms in total. The molecule has 138 valence electrons. The first kappa shape index (κ1) is 18.0. The van der Waals surface area contributed by atoms with Crippen LogP contribution in [-0.2, 0) is 9.53 Å². The number of piperidine rings is 1. The summed E-state index contributed by atoms with van der Waals surface area (Å²) < 4.78 is 5.03. The third kappa shape index (κ3) is 3.17. The average Bonchev–Trinajstić information content (AvgIpc) is 2.87. The number of benzene rings is 1. The van der Waals surface area contributed by atoms with Crippen LogP contribution >= 0.6 is 0 Å². The zero-order valence-corrected chi connectivity index (χ0v) is 14.4. The molecule has 2 aliphatic heterocycles. The number of carbonyl (C=O) groups excluding carboxylic acids is 3. The van der Waals surface area contributed by atoms with E-state index in [2.05, 4.69) is 0 Å². The molecule has 2 amide bonds. The number of likely N-dealkylation sites (tertiary alicyclic amines) is 1. The molecule has 0 spiro atoms. The van der Waals surface area contributed by atoms with Crippen molar-refractivity contribution in [3.63, 3.8) is 0 Å². The average molecular weight is 362 g/mol. The van der Waals surface area contributed by atoms with Gasteiger partial charge in [0, 0.05) is 18.9 Å². The second-order valence-electron chi connectivity index (χ2n) is 6.43. The fraction of sp³-hybridized carbons (Fsp3) is 0.471. The third-order valence-corrected chi connectivity index (χ3v) is 4.87. The van der Waals surface area contributed by atoms with Crippen LogP contribution in [0.15, 0.2) is 18.2 Å². The predicted molar refractivity (Wildman–Crippen MR) is 88.5 cm³/mol. The van der Waals surface area contributed by atoms with E-state index in [0.717, 1.165) is 9.80 Å². The maximum atomic E-state index is 12.6. The van der Waals surface area contributed by atoms with Gasteiger partial charge >= 0.3 is 5.97 Å². The standard InChI is InChI=1S/C17H19N3O6/c1-2-26-17(23)11-6-8-18(9-7-11)10-19-15(21)12-4-3-5-13(20(24)25)14(12)16(19)22/h3-5,11H,2,6-10H2,1H3/p+1. The van der Waals surface area contributed by atoms with E-state index < -0.39 is 16.7 Å². The van der Waals surface area contributed by atoms with Gasteiger partial charge in [0.05, 0.1) is 36.1 Å². The normalized spacial score (nSPS) is 22.3. The monoisotopic (exact) mass is 362 g/mol. The van der Waals surface area contributed by atoms with Gasteiger partial charge in [-0.3, -0.25) is 24.5 Å². The van der Waals surface area contributed by atoms with E-state index >= 15 is 0 Å². The quantitative estimate of drug-likeness (QED) is 0.342. The number of hydrogen-bond acceptors (Lipinski definition) is 6. The highest BCUT2D eigenvalue weighted by atomic mass is 16.6. The largest absolute Gasteiger partial charge is 0.466 e. The van der Waals surface area contributed by atoms with Crippen LogP contribution in [0.4, 0.5) is 5.69 Å². The lowest BCUT2D eigenvalue weighted by molar-refractivity contribution is -0.912. The first-order valence-corrected chi connectivity index (χ1v) is 8.57. The Labute approximate surface area is 149 Å². The van der Waals surface area contributed by atoms with Crippen LogP contribution in [0.3, 0.4) is 0 Å². The Hall–Kier alpha value is -2.81. The van der Waals surface area contributed by atoms with Crippen LogP contribution < -0.4 is 4.90 Å². The lowest BCUT2D eigenvalue weighted by atomic mass is 9.97. The number of esters is 1. The molecule has 1 fully saturated rings. The first-order chi connectivity index (χ1) is 12.4. The van der Waals surface area contributed by atoms with E-state index in [1.807, 2.05) is 0 Å². The molecule has 2 heterocycles. The summed E-state index contributed by atoms with van der Waals surface area (Å²) in [5, 5.41) is 11.1. The molecule has 0 atom stereocenters. The predicted octanol–water partition coefficient (Wildman–Crippen LogP) is 0.00630. The van der Waals surface area contributed by atoms with Crippen molar-refractivity contribution in [3.05, 3.63) is 39.4 Å². The molecule has 0 aliphatic carbocycles. The summed E-state index contributed by atoms with van der Waals surface area (Å²) in [4.78, 5) is 49.4. The Morgan fingerprint density at radius 1 is 1.31 bits per heavy atom. The summed E-state index contributed by atoms with van der Waals surface area (Å²) in [5.74, 6) is -1.49. The number of rotatable bonds is 5. The number of carbonyl (C=O) groups is 3. The number of amides is 2. The van der Waals surface area contributed by atoms with Gasteiger partial charge in [0.1, 0.15) is 5.56 Å². The van der Waals surface area contributed by atoms with Crippen LogP contribution in [0.1, 0.15) is 40.5 Å². The summed E-state index contributed by atoms with van der Waals surface area (Å²) in [6.07, 6.45) is 1.25. The Morgan fingerprint density at radius 3 is 2.62 bits per heavy atom. The highest BCUT2D eigenvalue weighted by Crippen LogP contribution is 2.30. The van der Waals surface area contributed by atoms with Crippen molar-refractivity contribution in [2.45, 2.75) is 19.8 Å². The van der Waals surface area contributed by atoms with Crippen LogP contribution in [-0.4, -0.2) is 54.0 Å². The van der Waals surface area contributed by atoms with Crippen molar-refractivity contribution in [1.82, 2.24) is 4.90 Å². The van der Waals surface area contributed by atoms with Crippen LogP contribution in [0.25, 0.3) is 0 Å². The topological polar surface area (TPSA) is 111 Å². The SMILES string of the molecule is CCOC(=O)C1CC[NH+](CN2C(=O)c3cccc([N+](=O)[O-])c3C2=O)CC1. The molecule has 0 aromatic heterocycles. The number of quaternary nitrogens is 1. The van der Waals surface area contributed by atoms with Gasteiger partial charge in [-0.25, -0.2) is 4.90 Å². The second-order valence-corrected chi connectivity index (χ2v) is 6.43. The van der Waals surface area contributed by atoms with E-state index in [-0.39, 0.29) is 35.4 Å². The number of hydrogen-bond donors (Lipinski definition) is 1. The number of nitrogens with zero attached hydrogens (tertiary/aromatic N) is 2. The molecule has 26 heavy (non-hydrogen) atoms. The van der Waals surface area contributed by atoms with Crippen LogP contribution in [0.5, 0.6) is 0 Å². The Balaban J connectivity index is 1.68. The summed E-state index contributed by atoms with van der Waals surface area (Å²) in [6, 6.07) is 4.07. The molecule has 3 rings (SSSR count). The maximum absolute atomic E-state index is 12.6. The van der Waals surface area contributed by atoms with E-state index in [1.165, 1.54) is 18.2 Å². The molecular weight excluding hydrogens is 342 g/mol. The van der Waals surface area contributed by atoms with Gasteiger partial charge < -0.3 is 9.64 Å². The number of imide groups is 1. The fourth-order valence-corrected chi connectivity index (χ4v) is 3.52. The zero-order chi connectivity index (χ0) is 18.8. The Bertz CT molecular complexity index is 770. The van der Waals surface area contributed by atoms with Gasteiger partial charge in [0.25, 0.3) is 17.5 Å². The molecule has 0 radical (unpaired) electrons. The molecule has 2 aliphatic rings.